The molecule has 0 unspecified atom stereocenters. The average Bonchev–Trinajstić information content (AvgIpc) is 2.83. The zero-order chi connectivity index (χ0) is 27.6. The third kappa shape index (κ3) is 6.80. The fourth-order valence-electron chi connectivity index (χ4n) is 3.67. The summed E-state index contributed by atoms with van der Waals surface area (Å²) in [5.74, 6) is -1.55. The molecule has 1 fully saturated rings. The highest BCUT2D eigenvalue weighted by Gasteiger charge is 2.36. The summed E-state index contributed by atoms with van der Waals surface area (Å²) in [5, 5.41) is 0. The summed E-state index contributed by atoms with van der Waals surface area (Å²) in [6, 6.07) is 5.81. The quantitative estimate of drug-likeness (QED) is 0.400. The molecule has 0 atom stereocenters. The maximum atomic E-state index is 13.4. The molecule has 3 rings (SSSR count). The molecule has 1 saturated heterocycles. The zero-order valence-corrected chi connectivity index (χ0v) is 20.2. The Balaban J connectivity index is 1.72. The Bertz CT molecular complexity index is 1250. The van der Waals surface area contributed by atoms with E-state index in [1.807, 2.05) is 0 Å². The molecule has 202 valence electrons. The molecule has 14 heteroatoms. The molecule has 1 heterocycles. The van der Waals surface area contributed by atoms with Crippen LogP contribution in [0.3, 0.4) is 0 Å². The molecule has 0 bridgehead atoms. The molecule has 0 radical (unpaired) electrons. The highest BCUT2D eigenvalue weighted by atomic mass is 32.2. The van der Waals surface area contributed by atoms with Crippen LogP contribution in [0.15, 0.2) is 47.4 Å². The Hall–Kier alpha value is -3.13. The molecule has 0 aliphatic carbocycles. The van der Waals surface area contributed by atoms with Gasteiger partial charge in [0.2, 0.25) is 15.9 Å². The molecule has 0 spiro atoms. The van der Waals surface area contributed by atoms with E-state index < -0.39 is 55.8 Å². The molecule has 1 aliphatic heterocycles. The molecule has 2 aromatic rings. The van der Waals surface area contributed by atoms with Gasteiger partial charge in [-0.05, 0) is 42.8 Å². The van der Waals surface area contributed by atoms with Crippen LogP contribution in [0.1, 0.15) is 34.0 Å². The molecule has 7 nitrogen and oxygen atoms in total. The highest BCUT2D eigenvalue weighted by molar-refractivity contribution is 7.89. The van der Waals surface area contributed by atoms with Crippen LogP contribution in [-0.4, -0.2) is 62.3 Å². The fourth-order valence-corrected chi connectivity index (χ4v) is 5.16. The van der Waals surface area contributed by atoms with E-state index >= 15 is 0 Å². The normalized spacial score (nSPS) is 15.5. The lowest BCUT2D eigenvalue weighted by atomic mass is 10.1. The second-order valence-electron chi connectivity index (χ2n) is 8.12. The van der Waals surface area contributed by atoms with Crippen LogP contribution in [0.25, 0.3) is 0 Å². The summed E-state index contributed by atoms with van der Waals surface area (Å²) in [4.78, 5) is 25.2. The number of ether oxygens (including phenoxy) is 1. The van der Waals surface area contributed by atoms with Gasteiger partial charge in [0.1, 0.15) is 0 Å². The molecule has 1 amide bonds. The molecule has 0 aromatic heterocycles. The van der Waals surface area contributed by atoms with Crippen molar-refractivity contribution in [3.63, 3.8) is 0 Å². The average molecular weight is 552 g/mol. The van der Waals surface area contributed by atoms with Gasteiger partial charge in [-0.1, -0.05) is 12.1 Å². The van der Waals surface area contributed by atoms with Crippen molar-refractivity contribution < 1.29 is 49.1 Å². The van der Waals surface area contributed by atoms with Crippen molar-refractivity contribution >= 4 is 21.9 Å². The summed E-state index contributed by atoms with van der Waals surface area (Å²) in [6.45, 7) is 0.698. The Morgan fingerprint density at radius 2 is 1.43 bits per heavy atom. The number of esters is 1. The lowest BCUT2D eigenvalue weighted by molar-refractivity contribution is -0.138. The van der Waals surface area contributed by atoms with Gasteiger partial charge in [0.15, 0.2) is 0 Å². The Kier molecular flexibility index (Phi) is 8.22. The maximum Gasteiger partial charge on any atom is 0.416 e. The van der Waals surface area contributed by atoms with Crippen molar-refractivity contribution in [1.29, 1.82) is 0 Å². The third-order valence-electron chi connectivity index (χ3n) is 5.61. The van der Waals surface area contributed by atoms with E-state index in [0.29, 0.717) is 17.7 Å². The van der Waals surface area contributed by atoms with E-state index in [4.69, 9.17) is 4.74 Å². The molecule has 1 aliphatic rings. The number of halogens is 6. The lowest BCUT2D eigenvalue weighted by Crippen LogP contribution is -2.50. The number of hydrogen-bond donors (Lipinski definition) is 0. The first-order valence-electron chi connectivity index (χ1n) is 11.0. The predicted molar refractivity (Wildman–Crippen MR) is 118 cm³/mol. The molecular weight excluding hydrogens is 530 g/mol. The fraction of sp³-hybridized carbons (Fsp3) is 0.391. The van der Waals surface area contributed by atoms with Gasteiger partial charge in [0.25, 0.3) is 0 Å². The minimum Gasteiger partial charge on any atom is -0.462 e. The maximum absolute atomic E-state index is 13.4. The van der Waals surface area contributed by atoms with Crippen LogP contribution in [-0.2, 0) is 38.3 Å². The van der Waals surface area contributed by atoms with Crippen LogP contribution >= 0.6 is 0 Å². The zero-order valence-electron chi connectivity index (χ0n) is 19.4. The van der Waals surface area contributed by atoms with E-state index in [1.54, 1.807) is 0 Å². The minimum atomic E-state index is -4.92. The topological polar surface area (TPSA) is 84.0 Å². The van der Waals surface area contributed by atoms with Crippen LogP contribution in [0.5, 0.6) is 0 Å². The summed E-state index contributed by atoms with van der Waals surface area (Å²) in [5.41, 5.74) is -2.42. The summed E-state index contributed by atoms with van der Waals surface area (Å²) in [7, 11) is -4.46. The Morgan fingerprint density at radius 1 is 0.865 bits per heavy atom. The van der Waals surface area contributed by atoms with Crippen molar-refractivity contribution in [2.24, 2.45) is 0 Å². The van der Waals surface area contributed by atoms with Crippen molar-refractivity contribution in [1.82, 2.24) is 9.21 Å². The molecule has 0 saturated carbocycles. The number of nitrogens with zero attached hydrogens (tertiary/aromatic N) is 2. The van der Waals surface area contributed by atoms with E-state index in [1.165, 1.54) is 24.0 Å². The van der Waals surface area contributed by atoms with Crippen LogP contribution in [0, 0.1) is 0 Å². The Labute approximate surface area is 208 Å². The van der Waals surface area contributed by atoms with Crippen LogP contribution in [0.2, 0.25) is 0 Å². The lowest BCUT2D eigenvalue weighted by Gasteiger charge is -2.34. The smallest absolute Gasteiger partial charge is 0.416 e. The van der Waals surface area contributed by atoms with Gasteiger partial charge in [0, 0.05) is 26.2 Å². The molecule has 0 N–H and O–H groups in total. The van der Waals surface area contributed by atoms with Gasteiger partial charge in [-0.3, -0.25) is 4.79 Å². The first-order valence-corrected chi connectivity index (χ1v) is 12.4. The number of sulfonamides is 1. The summed E-state index contributed by atoms with van der Waals surface area (Å²) >= 11 is 0. The van der Waals surface area contributed by atoms with Gasteiger partial charge >= 0.3 is 18.3 Å². The van der Waals surface area contributed by atoms with E-state index in [9.17, 15) is 44.3 Å². The first kappa shape index (κ1) is 28.4. The van der Waals surface area contributed by atoms with E-state index in [2.05, 4.69) is 0 Å². The first-order chi connectivity index (χ1) is 17.1. The number of carbonyl (C=O) groups is 2. The Morgan fingerprint density at radius 3 is 1.95 bits per heavy atom. The number of amides is 1. The monoisotopic (exact) mass is 552 g/mol. The van der Waals surface area contributed by atoms with Gasteiger partial charge in [-0.2, -0.15) is 30.6 Å². The van der Waals surface area contributed by atoms with Gasteiger partial charge in [-0.25, -0.2) is 13.2 Å². The van der Waals surface area contributed by atoms with Crippen molar-refractivity contribution in [3.8, 4) is 0 Å². The second kappa shape index (κ2) is 10.7. The largest absolute Gasteiger partial charge is 0.462 e. The number of hydrogen-bond acceptors (Lipinski definition) is 5. The van der Waals surface area contributed by atoms with Crippen LogP contribution < -0.4 is 0 Å². The predicted octanol–water partition coefficient (Wildman–Crippen LogP) is 3.98. The summed E-state index contributed by atoms with van der Waals surface area (Å²) in [6.07, 6.45) is -9.64. The second-order valence-corrected chi connectivity index (χ2v) is 10.1. The number of benzene rings is 2. The standard InChI is InChI=1S/C23H22F6N2O5S/c1-2-36-21(33)16-12-18(23(27,28)29)14-19(13-16)37(34,35)31-9-7-30(8-10-31)20(32)11-15-3-5-17(6-4-15)22(24,25)26/h3-6,12-14H,2,7-11H2,1H3. The van der Waals surface area contributed by atoms with Crippen molar-refractivity contribution in [2.45, 2.75) is 30.6 Å². The number of rotatable bonds is 6. The van der Waals surface area contributed by atoms with Crippen molar-refractivity contribution in [2.75, 3.05) is 32.8 Å². The molecule has 37 heavy (non-hydrogen) atoms. The van der Waals surface area contributed by atoms with Crippen molar-refractivity contribution in [3.05, 3.63) is 64.7 Å². The molecule has 2 aromatic carbocycles. The van der Waals surface area contributed by atoms with Gasteiger partial charge < -0.3 is 9.64 Å². The minimum absolute atomic E-state index is 0.0810. The SMILES string of the molecule is CCOC(=O)c1cc(C(F)(F)F)cc(S(=O)(=O)N2CCN(C(=O)Cc3ccc(C(F)(F)F)cc3)CC2)c1. The summed E-state index contributed by atoms with van der Waals surface area (Å²) < 4.78 is 110. The highest BCUT2D eigenvalue weighted by Crippen LogP contribution is 2.33. The number of carbonyl (C=O) groups excluding carboxylic acids is 2. The van der Waals surface area contributed by atoms with Gasteiger partial charge in [0.05, 0.1) is 34.6 Å². The van der Waals surface area contributed by atoms with Gasteiger partial charge in [-0.15, -0.1) is 0 Å². The van der Waals surface area contributed by atoms with E-state index in [0.717, 1.165) is 22.5 Å². The van der Waals surface area contributed by atoms with Crippen LogP contribution in [0.4, 0.5) is 26.3 Å². The van der Waals surface area contributed by atoms with E-state index in [-0.39, 0.29) is 39.2 Å². The number of alkyl halides is 6. The molecular formula is C23H22F6N2O5S. The third-order valence-corrected chi connectivity index (χ3v) is 7.49. The number of piperazine rings is 1.